The summed E-state index contributed by atoms with van der Waals surface area (Å²) < 4.78 is 10.3. The molecule has 1 aliphatic heterocycles. The molecule has 3 rings (SSSR count). The first-order valence-corrected chi connectivity index (χ1v) is 10.2. The molecule has 1 aliphatic rings. The lowest BCUT2D eigenvalue weighted by molar-refractivity contribution is -0.0367. The van der Waals surface area contributed by atoms with Crippen LogP contribution in [-0.2, 0) is 9.47 Å². The third kappa shape index (κ3) is 5.82. The van der Waals surface area contributed by atoms with Crippen LogP contribution >= 0.6 is 11.3 Å². The highest BCUT2D eigenvalue weighted by Crippen LogP contribution is 2.26. The molecule has 0 unspecified atom stereocenters. The zero-order valence-corrected chi connectivity index (χ0v) is 17.7. The maximum Gasteiger partial charge on any atom is 0.347 e. The van der Waals surface area contributed by atoms with Crippen molar-refractivity contribution in [3.8, 4) is 0 Å². The van der Waals surface area contributed by atoms with Crippen molar-refractivity contribution >= 4 is 34.1 Å². The molecule has 29 heavy (non-hydrogen) atoms. The van der Waals surface area contributed by atoms with E-state index in [1.165, 1.54) is 0 Å². The van der Waals surface area contributed by atoms with Gasteiger partial charge in [-0.2, -0.15) is 0 Å². The molecule has 0 saturated carbocycles. The first kappa shape index (κ1) is 21.4. The number of aryl methyl sites for hydroxylation is 2. The number of carboxylic acid groups (broad SMARTS) is 1. The van der Waals surface area contributed by atoms with Crippen LogP contribution in [0, 0.1) is 13.8 Å². The van der Waals surface area contributed by atoms with Gasteiger partial charge in [-0.05, 0) is 13.8 Å². The topological polar surface area (TPSA) is 113 Å². The summed E-state index contributed by atoms with van der Waals surface area (Å²) in [7, 11) is 1.62. The number of anilines is 3. The lowest BCUT2D eigenvalue weighted by Crippen LogP contribution is -2.47. The number of piperazine rings is 1. The quantitative estimate of drug-likeness (QED) is 0.457. The number of ether oxygens (including phenoxy) is 2. The molecular formula is C18H26N6O4S. The molecular weight excluding hydrogens is 396 g/mol. The molecule has 1 fully saturated rings. The SMILES string of the molecule is COCOCCN1CCN(c2cc(Nc3nc(C)c(C(=O)O)s3)nc(C)n2)CC1. The van der Waals surface area contributed by atoms with Crippen molar-refractivity contribution in [1.82, 2.24) is 19.9 Å². The van der Waals surface area contributed by atoms with E-state index in [0.29, 0.717) is 35.9 Å². The Kier molecular flexibility index (Phi) is 7.31. The predicted molar refractivity (Wildman–Crippen MR) is 110 cm³/mol. The van der Waals surface area contributed by atoms with Crippen molar-refractivity contribution in [2.45, 2.75) is 13.8 Å². The highest BCUT2D eigenvalue weighted by atomic mass is 32.1. The van der Waals surface area contributed by atoms with Crippen LogP contribution in [0.5, 0.6) is 0 Å². The van der Waals surface area contributed by atoms with E-state index in [9.17, 15) is 9.90 Å². The van der Waals surface area contributed by atoms with Crippen molar-refractivity contribution in [3.05, 3.63) is 22.5 Å². The first-order valence-electron chi connectivity index (χ1n) is 9.33. The van der Waals surface area contributed by atoms with Crippen molar-refractivity contribution in [2.75, 3.05) is 63.5 Å². The Labute approximate surface area is 173 Å². The fourth-order valence-corrected chi connectivity index (χ4v) is 3.88. The number of hydrogen-bond acceptors (Lipinski definition) is 10. The van der Waals surface area contributed by atoms with Gasteiger partial charge in [-0.25, -0.2) is 19.7 Å². The van der Waals surface area contributed by atoms with Crippen molar-refractivity contribution < 1.29 is 19.4 Å². The van der Waals surface area contributed by atoms with Gasteiger partial charge in [0.1, 0.15) is 29.1 Å². The molecule has 0 bridgehead atoms. The number of nitrogens with zero attached hydrogens (tertiary/aromatic N) is 5. The number of aromatic carboxylic acids is 1. The molecule has 11 heteroatoms. The molecule has 0 spiro atoms. The molecule has 2 N–H and O–H groups in total. The second-order valence-electron chi connectivity index (χ2n) is 6.67. The predicted octanol–water partition coefficient (Wildman–Crippen LogP) is 1.73. The molecule has 0 aliphatic carbocycles. The Hall–Kier alpha value is -2.34. The van der Waals surface area contributed by atoms with Crippen LogP contribution in [0.15, 0.2) is 6.07 Å². The summed E-state index contributed by atoms with van der Waals surface area (Å²) >= 11 is 1.10. The second-order valence-corrected chi connectivity index (χ2v) is 7.66. The summed E-state index contributed by atoms with van der Waals surface area (Å²) in [5.41, 5.74) is 0.488. The standard InChI is InChI=1S/C18H26N6O4S/c1-12-16(17(25)26)29-18(19-12)22-14-10-15(21-13(2)20-14)24-6-4-23(5-7-24)8-9-28-11-27-3/h10H,4-9,11H2,1-3H3,(H,25,26)(H,19,20,21,22). The lowest BCUT2D eigenvalue weighted by atomic mass is 10.3. The van der Waals surface area contributed by atoms with E-state index < -0.39 is 5.97 Å². The summed E-state index contributed by atoms with van der Waals surface area (Å²) in [6, 6.07) is 1.88. The highest BCUT2D eigenvalue weighted by molar-refractivity contribution is 7.17. The van der Waals surface area contributed by atoms with Crippen LogP contribution in [0.3, 0.4) is 0 Å². The minimum Gasteiger partial charge on any atom is -0.477 e. The molecule has 10 nitrogen and oxygen atoms in total. The minimum absolute atomic E-state index is 0.226. The molecule has 0 atom stereocenters. The third-order valence-corrected chi connectivity index (χ3v) is 5.56. The van der Waals surface area contributed by atoms with E-state index in [0.717, 1.165) is 49.9 Å². The number of aromatic nitrogens is 3. The fraction of sp³-hybridized carbons (Fsp3) is 0.556. The molecule has 2 aromatic rings. The zero-order chi connectivity index (χ0) is 20.8. The highest BCUT2D eigenvalue weighted by Gasteiger charge is 2.19. The maximum atomic E-state index is 11.2. The van der Waals surface area contributed by atoms with Gasteiger partial charge in [-0.15, -0.1) is 0 Å². The Morgan fingerprint density at radius 1 is 1.24 bits per heavy atom. The van der Waals surface area contributed by atoms with Crippen LogP contribution in [0.2, 0.25) is 0 Å². The molecule has 2 aromatic heterocycles. The van der Waals surface area contributed by atoms with E-state index in [-0.39, 0.29) is 4.88 Å². The van der Waals surface area contributed by atoms with Gasteiger partial charge in [0.05, 0.1) is 12.3 Å². The third-order valence-electron chi connectivity index (χ3n) is 4.50. The van der Waals surface area contributed by atoms with Gasteiger partial charge in [0.25, 0.3) is 0 Å². The summed E-state index contributed by atoms with van der Waals surface area (Å²) in [6.07, 6.45) is 0. The van der Waals surface area contributed by atoms with Crippen LogP contribution in [0.25, 0.3) is 0 Å². The summed E-state index contributed by atoms with van der Waals surface area (Å²) in [4.78, 5) is 29.3. The molecule has 0 radical (unpaired) electrons. The Bertz CT molecular complexity index is 838. The largest absolute Gasteiger partial charge is 0.477 e. The average molecular weight is 423 g/mol. The van der Waals surface area contributed by atoms with Crippen LogP contribution < -0.4 is 10.2 Å². The summed E-state index contributed by atoms with van der Waals surface area (Å²) in [5, 5.41) is 12.8. The number of rotatable bonds is 9. The Balaban J connectivity index is 1.61. The number of carboxylic acids is 1. The minimum atomic E-state index is -0.974. The normalized spacial score (nSPS) is 14.9. The van der Waals surface area contributed by atoms with Gasteiger partial charge in [-0.1, -0.05) is 11.3 Å². The van der Waals surface area contributed by atoms with E-state index in [1.54, 1.807) is 14.0 Å². The molecule has 0 aromatic carbocycles. The molecule has 158 valence electrons. The van der Waals surface area contributed by atoms with Crippen LogP contribution in [0.4, 0.5) is 16.8 Å². The van der Waals surface area contributed by atoms with Crippen LogP contribution in [0.1, 0.15) is 21.2 Å². The molecule has 1 saturated heterocycles. The van der Waals surface area contributed by atoms with E-state index in [1.807, 2.05) is 13.0 Å². The molecule has 0 amide bonds. The van der Waals surface area contributed by atoms with Crippen molar-refractivity contribution in [1.29, 1.82) is 0 Å². The van der Waals surface area contributed by atoms with Gasteiger partial charge in [-0.3, -0.25) is 4.90 Å². The first-order chi connectivity index (χ1) is 14.0. The Morgan fingerprint density at radius 2 is 2.00 bits per heavy atom. The Morgan fingerprint density at radius 3 is 2.66 bits per heavy atom. The number of nitrogens with one attached hydrogen (secondary N) is 1. The number of hydrogen-bond donors (Lipinski definition) is 2. The van der Waals surface area contributed by atoms with Crippen molar-refractivity contribution in [3.63, 3.8) is 0 Å². The van der Waals surface area contributed by atoms with E-state index in [2.05, 4.69) is 30.1 Å². The average Bonchev–Trinajstić information content (AvgIpc) is 3.05. The van der Waals surface area contributed by atoms with Gasteiger partial charge in [0.15, 0.2) is 5.13 Å². The monoisotopic (exact) mass is 422 g/mol. The lowest BCUT2D eigenvalue weighted by Gasteiger charge is -2.35. The summed E-state index contributed by atoms with van der Waals surface area (Å²) in [5.74, 6) is 1.13. The van der Waals surface area contributed by atoms with Crippen molar-refractivity contribution in [2.24, 2.45) is 0 Å². The second kappa shape index (κ2) is 9.92. The van der Waals surface area contributed by atoms with E-state index in [4.69, 9.17) is 9.47 Å². The maximum absolute atomic E-state index is 11.2. The van der Waals surface area contributed by atoms with Crippen LogP contribution in [-0.4, -0.2) is 84.2 Å². The van der Waals surface area contributed by atoms with Gasteiger partial charge < -0.3 is 24.8 Å². The number of carbonyl (C=O) groups is 1. The summed E-state index contributed by atoms with van der Waals surface area (Å²) in [6.45, 7) is 8.95. The van der Waals surface area contributed by atoms with Gasteiger partial charge >= 0.3 is 5.97 Å². The fourth-order valence-electron chi connectivity index (χ4n) is 3.07. The van der Waals surface area contributed by atoms with Gasteiger partial charge in [0, 0.05) is 45.9 Å². The van der Waals surface area contributed by atoms with E-state index >= 15 is 0 Å². The number of methoxy groups -OCH3 is 1. The molecule has 3 heterocycles. The van der Waals surface area contributed by atoms with Gasteiger partial charge in [0.2, 0.25) is 0 Å². The number of thiazole rings is 1. The smallest absolute Gasteiger partial charge is 0.347 e. The zero-order valence-electron chi connectivity index (χ0n) is 16.8.